The second kappa shape index (κ2) is 6.32. The van der Waals surface area contributed by atoms with Crippen LogP contribution in [0, 0.1) is 5.92 Å². The smallest absolute Gasteiger partial charge is 0.224 e. The van der Waals surface area contributed by atoms with Crippen molar-refractivity contribution in [3.8, 4) is 0 Å². The molecule has 1 aliphatic heterocycles. The Kier molecular flexibility index (Phi) is 4.45. The molecule has 0 radical (unpaired) electrons. The number of carbonyl (C=O) groups is 1. The first kappa shape index (κ1) is 14.8. The number of carbonyl (C=O) groups excluding carboxylic acids is 1. The molecule has 114 valence electrons. The fourth-order valence-electron chi connectivity index (χ4n) is 2.76. The van der Waals surface area contributed by atoms with E-state index in [4.69, 9.17) is 5.73 Å². The van der Waals surface area contributed by atoms with E-state index in [0.717, 1.165) is 36.5 Å². The summed E-state index contributed by atoms with van der Waals surface area (Å²) in [4.78, 5) is 20.8. The molecule has 3 rings (SSSR count). The van der Waals surface area contributed by atoms with Crippen LogP contribution in [-0.2, 0) is 4.79 Å². The predicted octanol–water partition coefficient (Wildman–Crippen LogP) is 1.62. The molecule has 2 N–H and O–H groups in total. The van der Waals surface area contributed by atoms with E-state index in [9.17, 15) is 4.79 Å². The van der Waals surface area contributed by atoms with Gasteiger partial charge in [0.25, 0.3) is 0 Å². The highest BCUT2D eigenvalue weighted by atomic mass is 79.9. The van der Waals surface area contributed by atoms with E-state index in [0.29, 0.717) is 12.3 Å². The van der Waals surface area contributed by atoms with Gasteiger partial charge in [0.1, 0.15) is 5.82 Å². The average Bonchev–Trinajstić information content (AvgIpc) is 3.33. The Morgan fingerprint density at radius 3 is 2.62 bits per heavy atom. The maximum absolute atomic E-state index is 12.2. The normalized spacial score (nSPS) is 20.5. The average molecular weight is 353 g/mol. The number of hydrogen-bond acceptors (Lipinski definition) is 4. The number of halogens is 1. The summed E-state index contributed by atoms with van der Waals surface area (Å²) in [5, 5.41) is 0. The van der Waals surface area contributed by atoms with Crippen molar-refractivity contribution in [3.05, 3.63) is 22.8 Å². The molecule has 0 spiro atoms. The minimum absolute atomic E-state index is 0.0590. The van der Waals surface area contributed by atoms with Gasteiger partial charge >= 0.3 is 0 Å². The molecule has 2 aliphatic rings. The highest BCUT2D eigenvalue weighted by molar-refractivity contribution is 9.10. The minimum Gasteiger partial charge on any atom is -0.353 e. The number of piperazine rings is 1. The van der Waals surface area contributed by atoms with E-state index < -0.39 is 0 Å². The van der Waals surface area contributed by atoms with E-state index in [1.165, 1.54) is 12.8 Å². The minimum atomic E-state index is 0.0590. The number of nitrogens with two attached hydrogens (primary N) is 1. The van der Waals surface area contributed by atoms with E-state index >= 15 is 0 Å². The van der Waals surface area contributed by atoms with E-state index in [1.54, 1.807) is 0 Å². The Labute approximate surface area is 133 Å². The van der Waals surface area contributed by atoms with Crippen LogP contribution in [-0.4, -0.2) is 48.0 Å². The molecule has 6 heteroatoms. The van der Waals surface area contributed by atoms with Crippen LogP contribution in [0.15, 0.2) is 22.8 Å². The number of rotatable bonds is 4. The van der Waals surface area contributed by atoms with Crippen molar-refractivity contribution in [1.29, 1.82) is 0 Å². The lowest BCUT2D eigenvalue weighted by Crippen LogP contribution is -2.50. The summed E-state index contributed by atoms with van der Waals surface area (Å²) in [6, 6.07) is 4.06. The van der Waals surface area contributed by atoms with Crippen LogP contribution in [0.2, 0.25) is 0 Å². The van der Waals surface area contributed by atoms with Gasteiger partial charge in [-0.3, -0.25) is 4.79 Å². The summed E-state index contributed by atoms with van der Waals surface area (Å²) in [7, 11) is 0. The zero-order valence-electron chi connectivity index (χ0n) is 12.0. The van der Waals surface area contributed by atoms with Gasteiger partial charge in [0.15, 0.2) is 0 Å². The number of pyridine rings is 1. The molecule has 1 unspecified atom stereocenters. The zero-order chi connectivity index (χ0) is 14.8. The Bertz CT molecular complexity index is 495. The summed E-state index contributed by atoms with van der Waals surface area (Å²) < 4.78 is 0.981. The van der Waals surface area contributed by atoms with Crippen LogP contribution in [0.1, 0.15) is 19.3 Å². The molecule has 21 heavy (non-hydrogen) atoms. The Morgan fingerprint density at radius 1 is 1.33 bits per heavy atom. The largest absolute Gasteiger partial charge is 0.353 e. The van der Waals surface area contributed by atoms with E-state index in [-0.39, 0.29) is 11.9 Å². The lowest BCUT2D eigenvalue weighted by molar-refractivity contribution is -0.131. The van der Waals surface area contributed by atoms with Crippen LogP contribution >= 0.6 is 15.9 Å². The van der Waals surface area contributed by atoms with Gasteiger partial charge in [-0.1, -0.05) is 0 Å². The summed E-state index contributed by atoms with van der Waals surface area (Å²) in [5.74, 6) is 1.76. The molecule has 1 saturated carbocycles. The van der Waals surface area contributed by atoms with Crippen molar-refractivity contribution in [1.82, 2.24) is 9.88 Å². The third kappa shape index (κ3) is 3.74. The van der Waals surface area contributed by atoms with Crippen LogP contribution in [0.4, 0.5) is 5.82 Å². The Balaban J connectivity index is 1.50. The number of anilines is 1. The Morgan fingerprint density at radius 2 is 2.05 bits per heavy atom. The summed E-state index contributed by atoms with van der Waals surface area (Å²) >= 11 is 3.39. The van der Waals surface area contributed by atoms with Crippen molar-refractivity contribution in [2.75, 3.05) is 31.1 Å². The monoisotopic (exact) mass is 352 g/mol. The highest BCUT2D eigenvalue weighted by Gasteiger charge is 2.31. The topological polar surface area (TPSA) is 62.5 Å². The molecule has 2 fully saturated rings. The molecule has 2 heterocycles. The van der Waals surface area contributed by atoms with Gasteiger partial charge in [-0.2, -0.15) is 0 Å². The SMILES string of the molecule is NC(CC(=O)N1CCN(c2ccc(Br)cn2)CC1)C1CC1. The van der Waals surface area contributed by atoms with Gasteiger partial charge in [-0.25, -0.2) is 4.98 Å². The number of aromatic nitrogens is 1. The predicted molar refractivity (Wildman–Crippen MR) is 86.0 cm³/mol. The lowest BCUT2D eigenvalue weighted by atomic mass is 10.1. The van der Waals surface area contributed by atoms with Crippen LogP contribution in [0.25, 0.3) is 0 Å². The van der Waals surface area contributed by atoms with Crippen LogP contribution < -0.4 is 10.6 Å². The number of nitrogens with zero attached hydrogens (tertiary/aromatic N) is 3. The first-order chi connectivity index (χ1) is 10.1. The van der Waals surface area contributed by atoms with E-state index in [2.05, 4.69) is 25.8 Å². The Hall–Kier alpha value is -1.14. The third-order valence-electron chi connectivity index (χ3n) is 4.31. The molecule has 0 aromatic carbocycles. The second-order valence-corrected chi connectivity index (χ2v) is 6.82. The molecule has 0 bridgehead atoms. The standard InChI is InChI=1S/C15H21BrN4O/c16-12-3-4-14(18-10-12)19-5-7-20(8-6-19)15(21)9-13(17)11-1-2-11/h3-4,10-11,13H,1-2,5-9,17H2. The lowest BCUT2D eigenvalue weighted by Gasteiger charge is -2.35. The van der Waals surface area contributed by atoms with E-state index in [1.807, 2.05) is 23.2 Å². The first-order valence-corrected chi connectivity index (χ1v) is 8.32. The van der Waals surface area contributed by atoms with Crippen molar-refractivity contribution in [3.63, 3.8) is 0 Å². The van der Waals surface area contributed by atoms with Crippen molar-refractivity contribution in [2.24, 2.45) is 11.7 Å². The van der Waals surface area contributed by atoms with Crippen molar-refractivity contribution < 1.29 is 4.79 Å². The summed E-state index contributed by atoms with van der Waals surface area (Å²) in [5.41, 5.74) is 6.05. The fraction of sp³-hybridized carbons (Fsp3) is 0.600. The van der Waals surface area contributed by atoms with Gasteiger partial charge in [0.05, 0.1) is 0 Å². The molecular weight excluding hydrogens is 332 g/mol. The van der Waals surface area contributed by atoms with Gasteiger partial charge in [0.2, 0.25) is 5.91 Å². The zero-order valence-corrected chi connectivity index (χ0v) is 13.6. The molecule has 1 aromatic heterocycles. The van der Waals surface area contributed by atoms with Gasteiger partial charge < -0.3 is 15.5 Å². The molecule has 5 nitrogen and oxygen atoms in total. The highest BCUT2D eigenvalue weighted by Crippen LogP contribution is 2.33. The molecule has 1 aliphatic carbocycles. The van der Waals surface area contributed by atoms with Crippen molar-refractivity contribution in [2.45, 2.75) is 25.3 Å². The number of hydrogen-bond donors (Lipinski definition) is 1. The van der Waals surface area contributed by atoms with Gasteiger partial charge in [0, 0.05) is 49.3 Å². The fourth-order valence-corrected chi connectivity index (χ4v) is 3.00. The molecule has 1 saturated heterocycles. The molecule has 1 amide bonds. The molecular formula is C15H21BrN4O. The molecule has 1 atom stereocenters. The second-order valence-electron chi connectivity index (χ2n) is 5.91. The van der Waals surface area contributed by atoms with Crippen LogP contribution in [0.5, 0.6) is 0 Å². The van der Waals surface area contributed by atoms with Crippen molar-refractivity contribution >= 4 is 27.7 Å². The molecule has 1 aromatic rings. The quantitative estimate of drug-likeness (QED) is 0.894. The number of amides is 1. The maximum atomic E-state index is 12.2. The first-order valence-electron chi connectivity index (χ1n) is 7.53. The third-order valence-corrected chi connectivity index (χ3v) is 4.78. The van der Waals surface area contributed by atoms with Gasteiger partial charge in [-0.15, -0.1) is 0 Å². The summed E-state index contributed by atoms with van der Waals surface area (Å²) in [6.45, 7) is 3.18. The van der Waals surface area contributed by atoms with Crippen LogP contribution in [0.3, 0.4) is 0 Å². The van der Waals surface area contributed by atoms with Gasteiger partial charge in [-0.05, 0) is 46.8 Å². The maximum Gasteiger partial charge on any atom is 0.224 e. The summed E-state index contributed by atoms with van der Waals surface area (Å²) in [6.07, 6.45) is 4.69.